The largest absolute Gasteiger partial charge is 1.00 e. The molecule has 6 nitrogen and oxygen atoms in total. The molecule has 0 saturated carbocycles. The minimum Gasteiger partial charge on any atom is -1.00 e. The number of carbonyl (C=O) groups excluding carboxylic acids is 2. The van der Waals surface area contributed by atoms with Crippen LogP contribution in [0.3, 0.4) is 0 Å². The molecule has 0 spiro atoms. The Bertz CT molecular complexity index is 1700. The molecular weight excluding hydrogens is 775 g/mol. The molecular formula is C36H42BBrF3KN2O4S2. The van der Waals surface area contributed by atoms with Crippen LogP contribution in [0.2, 0.25) is 0 Å². The molecule has 2 aromatic carbocycles. The number of hydrogen-bond acceptors (Lipinski definition) is 8. The van der Waals surface area contributed by atoms with Gasteiger partial charge in [0.05, 0.1) is 23.0 Å². The predicted octanol–water partition coefficient (Wildman–Crippen LogP) is 2.41. The monoisotopic (exact) mass is 816 g/mol. The van der Waals surface area contributed by atoms with E-state index < -0.39 is 7.27 Å². The second kappa shape index (κ2) is 21.6. The van der Waals surface area contributed by atoms with Crippen molar-refractivity contribution in [3.63, 3.8) is 0 Å². The van der Waals surface area contributed by atoms with E-state index >= 15 is 0 Å². The SMILES string of the molecule is CN(C)CB(F)F.Cc1sc(C=O)cc1C1OCCc2ccc(Br)cc21.Cc1sc(C=O)cc1C1OCCc2ccc(CN(C)C)cc21.[F-].[K+]. The van der Waals surface area contributed by atoms with E-state index in [9.17, 15) is 18.2 Å². The van der Waals surface area contributed by atoms with Crippen LogP contribution in [0.1, 0.15) is 80.2 Å². The van der Waals surface area contributed by atoms with Crippen LogP contribution in [0.4, 0.5) is 8.63 Å². The van der Waals surface area contributed by atoms with Crippen molar-refractivity contribution in [2.75, 3.05) is 47.8 Å². The van der Waals surface area contributed by atoms with E-state index in [4.69, 9.17) is 9.47 Å². The molecule has 0 radical (unpaired) electrons. The van der Waals surface area contributed by atoms with Gasteiger partial charge in [-0.2, -0.15) is 0 Å². The van der Waals surface area contributed by atoms with E-state index in [1.165, 1.54) is 44.1 Å². The number of thiophene rings is 2. The van der Waals surface area contributed by atoms with Gasteiger partial charge in [-0.05, 0) is 118 Å². The molecule has 0 bridgehead atoms. The minimum atomic E-state index is -2.20. The van der Waals surface area contributed by atoms with Gasteiger partial charge in [-0.1, -0.05) is 40.2 Å². The Labute approximate surface area is 353 Å². The Hall–Kier alpha value is -1.01. The van der Waals surface area contributed by atoms with Crippen LogP contribution in [0.15, 0.2) is 53.0 Å². The van der Waals surface area contributed by atoms with Gasteiger partial charge in [0.25, 0.3) is 0 Å². The third kappa shape index (κ3) is 12.6. The van der Waals surface area contributed by atoms with Gasteiger partial charge in [0.15, 0.2) is 12.6 Å². The summed E-state index contributed by atoms with van der Waals surface area (Å²) in [6.45, 7) is 6.49. The molecule has 0 amide bonds. The van der Waals surface area contributed by atoms with Crippen molar-refractivity contribution in [3.05, 3.63) is 111 Å². The number of rotatable bonds is 8. The second-order valence-electron chi connectivity index (χ2n) is 12.3. The first-order valence-electron chi connectivity index (χ1n) is 15.7. The Balaban J connectivity index is 0.000000285. The molecule has 0 fully saturated rings. The molecule has 2 aliphatic rings. The molecule has 0 N–H and O–H groups in total. The predicted molar refractivity (Wildman–Crippen MR) is 196 cm³/mol. The van der Waals surface area contributed by atoms with Gasteiger partial charge < -0.3 is 24.0 Å². The standard InChI is InChI=1S/C18H21NO2S.C15H13BrO2S.C3H8BF2N.FH.K/c1-12-16(9-15(11-20)22-12)18-17-8-13(10-19(2)3)4-5-14(17)6-7-21-18;1-9-13(7-12(8-17)19-9)15-14-6-11(16)3-2-10(14)4-5-18-15;1-7(2)3-4(5)6;;/h4-5,8-9,11,18H,6-7,10H2,1-3H3;2-3,6-8,15H,4-5H2,1H3;3H2,1-2H3;1H;/q;;;;+1/p-1. The minimum absolute atomic E-state index is 0. The van der Waals surface area contributed by atoms with Gasteiger partial charge in [-0.15, -0.1) is 22.7 Å². The summed E-state index contributed by atoms with van der Waals surface area (Å²) in [5.74, 6) is 0. The van der Waals surface area contributed by atoms with Crippen LogP contribution >= 0.6 is 38.6 Å². The third-order valence-corrected chi connectivity index (χ3v) is 10.4. The number of fused-ring (bicyclic) bond motifs is 2. The average molecular weight is 818 g/mol. The van der Waals surface area contributed by atoms with E-state index in [1.54, 1.807) is 25.4 Å². The number of aldehydes is 2. The zero-order valence-electron chi connectivity index (χ0n) is 29.6. The Kier molecular flexibility index (Phi) is 19.5. The molecule has 2 unspecified atom stereocenters. The number of ether oxygens (including phenoxy) is 2. The number of hydrogen-bond donors (Lipinski definition) is 0. The van der Waals surface area contributed by atoms with E-state index in [1.807, 2.05) is 19.1 Å². The van der Waals surface area contributed by atoms with Gasteiger partial charge in [0.2, 0.25) is 0 Å². The number of halogens is 4. The topological polar surface area (TPSA) is 59.1 Å². The summed E-state index contributed by atoms with van der Waals surface area (Å²) in [7, 11) is 5.19. The normalized spacial score (nSPS) is 16.0. The first kappa shape index (κ1) is 45.1. The first-order chi connectivity index (χ1) is 22.9. The summed E-state index contributed by atoms with van der Waals surface area (Å²) in [6, 6.07) is 17.0. The van der Waals surface area contributed by atoms with Crippen LogP contribution in [-0.2, 0) is 28.9 Å². The van der Waals surface area contributed by atoms with Crippen LogP contribution < -0.4 is 56.1 Å². The first-order valence-corrected chi connectivity index (χ1v) is 18.1. The Morgan fingerprint density at radius 3 is 1.66 bits per heavy atom. The molecule has 2 aliphatic heterocycles. The second-order valence-corrected chi connectivity index (χ2v) is 15.8. The summed E-state index contributed by atoms with van der Waals surface area (Å²) < 4.78 is 35.6. The zero-order valence-corrected chi connectivity index (χ0v) is 35.9. The summed E-state index contributed by atoms with van der Waals surface area (Å²) in [5, 5.41) is 0. The van der Waals surface area contributed by atoms with Crippen molar-refractivity contribution >= 4 is 58.4 Å². The van der Waals surface area contributed by atoms with Crippen LogP contribution in [0.25, 0.3) is 0 Å². The van der Waals surface area contributed by atoms with Crippen LogP contribution in [-0.4, -0.2) is 77.5 Å². The van der Waals surface area contributed by atoms with Crippen molar-refractivity contribution in [1.29, 1.82) is 0 Å². The summed E-state index contributed by atoms with van der Waals surface area (Å²) in [6.07, 6.45) is 3.50. The van der Waals surface area contributed by atoms with E-state index in [-0.39, 0.29) is 74.7 Å². The van der Waals surface area contributed by atoms with Gasteiger partial charge in [0.1, 0.15) is 12.2 Å². The van der Waals surface area contributed by atoms with E-state index in [2.05, 4.69) is 78.2 Å². The molecule has 2 atom stereocenters. The smallest absolute Gasteiger partial charge is 1.00 e. The third-order valence-electron chi connectivity index (χ3n) is 7.94. The fraction of sp³-hybridized carbons (Fsp3) is 0.389. The molecule has 50 heavy (non-hydrogen) atoms. The number of benzene rings is 2. The maximum absolute atomic E-state index is 11.2. The summed E-state index contributed by atoms with van der Waals surface area (Å²) in [5.41, 5.74) is 8.70. The molecule has 4 aromatic rings. The quantitative estimate of drug-likeness (QED) is 0.202. The molecule has 4 heterocycles. The van der Waals surface area contributed by atoms with Crippen molar-refractivity contribution < 1.29 is 83.8 Å². The fourth-order valence-corrected chi connectivity index (χ4v) is 7.96. The average Bonchev–Trinajstić information content (AvgIpc) is 3.61. The number of aryl methyl sites for hydroxylation is 2. The zero-order chi connectivity index (χ0) is 35.0. The summed E-state index contributed by atoms with van der Waals surface area (Å²) >= 11 is 6.59. The van der Waals surface area contributed by atoms with Crippen LogP contribution in [0.5, 0.6) is 0 Å². The summed E-state index contributed by atoms with van der Waals surface area (Å²) in [4.78, 5) is 29.4. The van der Waals surface area contributed by atoms with Gasteiger partial charge >= 0.3 is 58.7 Å². The van der Waals surface area contributed by atoms with Crippen molar-refractivity contribution in [3.8, 4) is 0 Å². The Morgan fingerprint density at radius 2 is 1.26 bits per heavy atom. The fourth-order valence-electron chi connectivity index (χ4n) is 5.84. The molecule has 2 aromatic heterocycles. The molecule has 14 heteroatoms. The number of carbonyl (C=O) groups is 2. The van der Waals surface area contributed by atoms with Gasteiger partial charge in [-0.25, -0.2) is 0 Å². The molecule has 0 aliphatic carbocycles. The number of nitrogens with zero attached hydrogens (tertiary/aromatic N) is 2. The molecule has 0 saturated heterocycles. The van der Waals surface area contributed by atoms with Crippen molar-refractivity contribution in [2.45, 2.75) is 45.4 Å². The maximum atomic E-state index is 11.2. The van der Waals surface area contributed by atoms with E-state index in [0.29, 0.717) is 0 Å². The van der Waals surface area contributed by atoms with Crippen molar-refractivity contribution in [1.82, 2.24) is 9.80 Å². The molecule has 264 valence electrons. The van der Waals surface area contributed by atoms with Gasteiger partial charge in [-0.3, -0.25) is 18.2 Å². The molecule has 6 rings (SSSR count). The Morgan fingerprint density at radius 1 is 0.780 bits per heavy atom. The van der Waals surface area contributed by atoms with E-state index in [0.717, 1.165) is 80.3 Å². The maximum Gasteiger partial charge on any atom is 1.00 e. The van der Waals surface area contributed by atoms with Crippen molar-refractivity contribution in [2.24, 2.45) is 0 Å². The van der Waals surface area contributed by atoms with Crippen LogP contribution in [0, 0.1) is 13.8 Å². The van der Waals surface area contributed by atoms with Gasteiger partial charge in [0, 0.05) is 27.2 Å².